The van der Waals surface area contributed by atoms with Gasteiger partial charge in [-0.1, -0.05) is 0 Å². The van der Waals surface area contributed by atoms with E-state index in [9.17, 15) is 28.4 Å². The van der Waals surface area contributed by atoms with Crippen LogP contribution in [0.3, 0.4) is 0 Å². The Morgan fingerprint density at radius 2 is 1.56 bits per heavy atom. The second kappa shape index (κ2) is 18.6. The number of hydrogen-bond acceptors (Lipinski definition) is 13. The van der Waals surface area contributed by atoms with Gasteiger partial charge in [-0.2, -0.15) is 0 Å². The lowest BCUT2D eigenvalue weighted by molar-refractivity contribution is -0.137. The molecule has 5 saturated heterocycles. The van der Waals surface area contributed by atoms with Crippen LogP contribution in [0.2, 0.25) is 0 Å². The quantitative estimate of drug-likeness (QED) is 0.0732. The molecule has 1 aliphatic carbocycles. The van der Waals surface area contributed by atoms with E-state index in [-0.39, 0.29) is 18.2 Å². The molecule has 6 fully saturated rings. The number of methoxy groups -OCH3 is 1. The number of pyridine rings is 2. The Morgan fingerprint density at radius 3 is 2.24 bits per heavy atom. The molecule has 2 aromatic heterocycles. The summed E-state index contributed by atoms with van der Waals surface area (Å²) in [7, 11) is 1.69. The SMILES string of the molecule is COc1cc2c(Oc3ccc(NC(=O)C4(C(=O)Nc5ccc(F)cc5)CC4)cc3)ccnc2cc1N1CCC(CN2CC3CC(C2)N3CCNc2nccc3c2CN(C2CCC(=O)NC2=O)C3=O)CC1. The molecule has 6 aliphatic heterocycles. The van der Waals surface area contributed by atoms with Crippen molar-refractivity contribution in [2.24, 2.45) is 11.3 Å². The average Bonchev–Trinajstić information content (AvgIpc) is 4.12. The largest absolute Gasteiger partial charge is 0.495 e. The van der Waals surface area contributed by atoms with Crippen molar-refractivity contribution < 1.29 is 37.8 Å². The highest BCUT2D eigenvalue weighted by molar-refractivity contribution is 6.17. The second-order valence-corrected chi connectivity index (χ2v) is 19.4. The highest BCUT2D eigenvalue weighted by atomic mass is 19.1. The minimum Gasteiger partial charge on any atom is -0.495 e. The van der Waals surface area contributed by atoms with Gasteiger partial charge in [0.2, 0.25) is 23.6 Å². The van der Waals surface area contributed by atoms with Crippen molar-refractivity contribution in [3.63, 3.8) is 0 Å². The van der Waals surface area contributed by atoms with Crippen molar-refractivity contribution >= 4 is 63.3 Å². The number of ether oxygens (including phenoxy) is 2. The van der Waals surface area contributed by atoms with Crippen LogP contribution in [0.5, 0.6) is 17.2 Å². The average molecular weight is 951 g/mol. The van der Waals surface area contributed by atoms with Gasteiger partial charge in [0.1, 0.15) is 40.3 Å². The first kappa shape index (κ1) is 45.3. The Bertz CT molecular complexity index is 2860. The van der Waals surface area contributed by atoms with Gasteiger partial charge in [-0.15, -0.1) is 0 Å². The molecule has 3 unspecified atom stereocenters. The van der Waals surface area contributed by atoms with Gasteiger partial charge < -0.3 is 35.2 Å². The monoisotopic (exact) mass is 950 g/mol. The summed E-state index contributed by atoms with van der Waals surface area (Å²) in [6.45, 7) is 6.92. The number of imide groups is 1. The summed E-state index contributed by atoms with van der Waals surface area (Å²) in [6, 6.07) is 20.4. The van der Waals surface area contributed by atoms with Crippen LogP contribution in [0.25, 0.3) is 10.9 Å². The fraction of sp³-hybridized carbons (Fsp3) is 0.404. The van der Waals surface area contributed by atoms with Crippen molar-refractivity contribution in [2.75, 3.05) is 73.8 Å². The molecule has 4 N–H and O–H groups in total. The van der Waals surface area contributed by atoms with Crippen LogP contribution in [0.4, 0.5) is 27.3 Å². The zero-order chi connectivity index (χ0) is 48.1. The van der Waals surface area contributed by atoms with E-state index in [2.05, 4.69) is 47.0 Å². The van der Waals surface area contributed by atoms with Gasteiger partial charge in [-0.05, 0) is 117 Å². The van der Waals surface area contributed by atoms with Gasteiger partial charge >= 0.3 is 0 Å². The van der Waals surface area contributed by atoms with Gasteiger partial charge in [0.25, 0.3) is 5.91 Å². The van der Waals surface area contributed by atoms with E-state index in [1.807, 2.05) is 12.1 Å². The van der Waals surface area contributed by atoms with Crippen LogP contribution in [-0.4, -0.2) is 125 Å². The first-order chi connectivity index (χ1) is 34.0. The van der Waals surface area contributed by atoms with Crippen molar-refractivity contribution in [3.8, 4) is 17.2 Å². The number of halogens is 1. The van der Waals surface area contributed by atoms with Crippen LogP contribution in [-0.2, 0) is 25.7 Å². The topological polar surface area (TPSA) is 191 Å². The van der Waals surface area contributed by atoms with Crippen molar-refractivity contribution in [1.82, 2.24) is 30.0 Å². The maximum atomic E-state index is 13.3. The highest BCUT2D eigenvalue weighted by Crippen LogP contribution is 2.48. The number of fused-ring (bicyclic) bond motifs is 4. The summed E-state index contributed by atoms with van der Waals surface area (Å²) in [6.07, 6.45) is 8.15. The van der Waals surface area contributed by atoms with Gasteiger partial charge in [-0.3, -0.25) is 44.1 Å². The molecule has 17 nitrogen and oxygen atoms in total. The standard InChI is InChI=1S/C52H55FN10O7/c1-69-45-25-39-41(54-19-13-44(39)70-37-8-6-34(7-9-37)58-51(68)52(16-17-52)50(67)57-33-4-2-32(53)3-5-33)26-43(45)61-21-14-31(15-22-61)27-60-28-35-24-36(29-60)62(35)23-20-56-47-40-30-63(49(66)38(40)12-18-55-47)42-10-11-46(64)59-48(42)65/h2-9,12-13,18-19,25-26,31,35-36,42H,10-11,14-17,20-24,27-30H2,1H3,(H,55,56)(H,57,67)(H,58,68)(H,59,64,65). The number of piperidine rings is 3. The minimum absolute atomic E-state index is 0.197. The van der Waals surface area contributed by atoms with E-state index in [0.717, 1.165) is 80.0 Å². The predicted molar refractivity (Wildman–Crippen MR) is 259 cm³/mol. The molecule has 362 valence electrons. The molecule has 2 bridgehead atoms. The van der Waals surface area contributed by atoms with E-state index < -0.39 is 35.0 Å². The Labute approximate surface area is 404 Å². The second-order valence-electron chi connectivity index (χ2n) is 19.4. The Hall–Kier alpha value is -7.18. The molecule has 1 saturated carbocycles. The number of aromatic nitrogens is 2. The smallest absolute Gasteiger partial charge is 0.255 e. The first-order valence-corrected chi connectivity index (χ1v) is 24.2. The number of piperazine rings is 1. The third-order valence-corrected chi connectivity index (χ3v) is 15.1. The van der Waals surface area contributed by atoms with Crippen molar-refractivity contribution in [2.45, 2.75) is 69.6 Å². The van der Waals surface area contributed by atoms with E-state index in [0.29, 0.717) is 84.6 Å². The summed E-state index contributed by atoms with van der Waals surface area (Å²) in [5.41, 5.74) is 2.95. The van der Waals surface area contributed by atoms with E-state index in [1.54, 1.807) is 54.7 Å². The fourth-order valence-corrected chi connectivity index (χ4v) is 11.0. The lowest BCUT2D eigenvalue weighted by Crippen LogP contribution is -2.69. The molecule has 3 aromatic carbocycles. The maximum absolute atomic E-state index is 13.3. The van der Waals surface area contributed by atoms with Gasteiger partial charge in [-0.25, -0.2) is 9.37 Å². The molecular formula is C52H55FN10O7. The lowest BCUT2D eigenvalue weighted by atomic mass is 9.86. The number of benzene rings is 3. The number of carbonyl (C=O) groups is 5. The van der Waals surface area contributed by atoms with Crippen LogP contribution >= 0.6 is 0 Å². The van der Waals surface area contributed by atoms with Gasteiger partial charge in [0.05, 0.1) is 24.9 Å². The first-order valence-electron chi connectivity index (χ1n) is 24.2. The summed E-state index contributed by atoms with van der Waals surface area (Å²) >= 11 is 0. The molecule has 18 heteroatoms. The van der Waals surface area contributed by atoms with E-state index >= 15 is 0 Å². The van der Waals surface area contributed by atoms with Crippen molar-refractivity contribution in [1.29, 1.82) is 0 Å². The Kier molecular flexibility index (Phi) is 12.0. The molecule has 8 heterocycles. The van der Waals surface area contributed by atoms with Gasteiger partial charge in [0.15, 0.2) is 0 Å². The normalized spacial score (nSPS) is 22.0. The number of hydrogen-bond donors (Lipinski definition) is 4. The Balaban J connectivity index is 0.646. The maximum Gasteiger partial charge on any atom is 0.255 e. The summed E-state index contributed by atoms with van der Waals surface area (Å²) in [4.78, 5) is 82.3. The number of anilines is 4. The summed E-state index contributed by atoms with van der Waals surface area (Å²) < 4.78 is 25.7. The number of nitrogens with zero attached hydrogens (tertiary/aromatic N) is 6. The molecule has 0 radical (unpaired) electrons. The number of carbonyl (C=O) groups excluding carboxylic acids is 5. The van der Waals surface area contributed by atoms with E-state index in [4.69, 9.17) is 14.5 Å². The lowest BCUT2D eigenvalue weighted by Gasteiger charge is -2.57. The van der Waals surface area contributed by atoms with Crippen molar-refractivity contribution in [3.05, 3.63) is 102 Å². The van der Waals surface area contributed by atoms with Crippen LogP contribution in [0, 0.1) is 17.2 Å². The molecule has 0 spiro atoms. The molecule has 3 atom stereocenters. The molecule has 12 rings (SSSR count). The van der Waals surface area contributed by atoms with Crippen LogP contribution < -0.4 is 35.6 Å². The Morgan fingerprint density at radius 1 is 0.857 bits per heavy atom. The number of rotatable bonds is 15. The van der Waals surface area contributed by atoms with Gasteiger partial charge in [0, 0.05) is 105 Å². The zero-order valence-corrected chi connectivity index (χ0v) is 38.9. The molecular weight excluding hydrogens is 896 g/mol. The third kappa shape index (κ3) is 8.85. The zero-order valence-electron chi connectivity index (χ0n) is 38.9. The summed E-state index contributed by atoms with van der Waals surface area (Å²) in [5, 5.41) is 12.3. The molecule has 70 heavy (non-hydrogen) atoms. The summed E-state index contributed by atoms with van der Waals surface area (Å²) in [5.74, 6) is 1.08. The minimum atomic E-state index is -1.17. The molecule has 5 aromatic rings. The van der Waals surface area contributed by atoms with Crippen LogP contribution in [0.1, 0.15) is 60.9 Å². The molecule has 5 amide bonds. The van der Waals surface area contributed by atoms with E-state index in [1.165, 1.54) is 30.7 Å². The predicted octanol–water partition coefficient (Wildman–Crippen LogP) is 5.78. The fourth-order valence-electron chi connectivity index (χ4n) is 11.0. The highest BCUT2D eigenvalue weighted by Gasteiger charge is 2.56. The third-order valence-electron chi connectivity index (χ3n) is 15.1. The van der Waals surface area contributed by atoms with Crippen LogP contribution in [0.15, 0.2) is 85.2 Å². The molecule has 7 aliphatic rings. The number of amides is 5. The number of nitrogens with one attached hydrogen (secondary N) is 4.